The first-order chi connectivity index (χ1) is 13.6. The molecule has 0 spiro atoms. The van der Waals surface area contributed by atoms with E-state index in [4.69, 9.17) is 9.26 Å². The van der Waals surface area contributed by atoms with Gasteiger partial charge in [-0.1, -0.05) is 22.9 Å². The molecule has 0 N–H and O–H groups in total. The molecule has 146 valence electrons. The van der Waals surface area contributed by atoms with Gasteiger partial charge in [0.1, 0.15) is 17.5 Å². The quantitative estimate of drug-likeness (QED) is 0.638. The van der Waals surface area contributed by atoms with Crippen LogP contribution in [0.4, 0.5) is 11.5 Å². The maximum Gasteiger partial charge on any atom is 0.361 e. The van der Waals surface area contributed by atoms with Crippen molar-refractivity contribution in [2.24, 2.45) is 0 Å². The fraction of sp³-hybridized carbons (Fsp3) is 0.400. The van der Waals surface area contributed by atoms with E-state index in [9.17, 15) is 4.79 Å². The summed E-state index contributed by atoms with van der Waals surface area (Å²) in [5.41, 5.74) is 4.23. The van der Waals surface area contributed by atoms with Crippen LogP contribution in [0.1, 0.15) is 28.5 Å². The van der Waals surface area contributed by atoms with Crippen LogP contribution in [0.2, 0.25) is 0 Å². The first kappa shape index (κ1) is 18.2. The Hall–Kier alpha value is -3.16. The summed E-state index contributed by atoms with van der Waals surface area (Å²) in [6.07, 6.45) is 1.44. The first-order valence-corrected chi connectivity index (χ1v) is 9.43. The van der Waals surface area contributed by atoms with Gasteiger partial charge in [0, 0.05) is 31.9 Å². The van der Waals surface area contributed by atoms with Crippen molar-refractivity contribution in [1.82, 2.24) is 15.1 Å². The van der Waals surface area contributed by atoms with Gasteiger partial charge in [-0.05, 0) is 32.4 Å². The summed E-state index contributed by atoms with van der Waals surface area (Å²) in [7, 11) is 0. The molecule has 3 heterocycles. The van der Waals surface area contributed by atoms with Crippen LogP contribution in [-0.2, 0) is 4.74 Å². The molecule has 0 radical (unpaired) electrons. The van der Waals surface area contributed by atoms with Crippen LogP contribution in [0.5, 0.6) is 0 Å². The molecule has 0 atom stereocenters. The summed E-state index contributed by atoms with van der Waals surface area (Å²) >= 11 is 0. The lowest BCUT2D eigenvalue weighted by atomic mass is 10.1. The Bertz CT molecular complexity index is 1010. The normalized spacial score (nSPS) is 14.5. The van der Waals surface area contributed by atoms with Crippen molar-refractivity contribution in [3.8, 4) is 0 Å². The van der Waals surface area contributed by atoms with Crippen LogP contribution in [0.25, 0.3) is 11.1 Å². The van der Waals surface area contributed by atoms with Gasteiger partial charge in [0.25, 0.3) is 5.71 Å². The molecule has 28 heavy (non-hydrogen) atoms. The second kappa shape index (κ2) is 7.46. The Labute approximate surface area is 163 Å². The zero-order valence-electron chi connectivity index (χ0n) is 16.3. The number of anilines is 2. The van der Waals surface area contributed by atoms with Gasteiger partial charge in [-0.2, -0.15) is 4.98 Å². The second-order valence-electron chi connectivity index (χ2n) is 6.89. The highest BCUT2D eigenvalue weighted by molar-refractivity contribution is 6.04. The van der Waals surface area contributed by atoms with Gasteiger partial charge in [-0.25, -0.2) is 9.78 Å². The minimum Gasteiger partial charge on any atom is -0.461 e. The molecule has 0 aliphatic carbocycles. The van der Waals surface area contributed by atoms with Gasteiger partial charge in [0.2, 0.25) is 5.69 Å². The van der Waals surface area contributed by atoms with E-state index in [1.54, 1.807) is 6.92 Å². The molecule has 2 aromatic heterocycles. The first-order valence-electron chi connectivity index (χ1n) is 9.43. The van der Waals surface area contributed by atoms with Crippen LogP contribution in [0.3, 0.4) is 0 Å². The number of benzene rings is 1. The van der Waals surface area contributed by atoms with Crippen molar-refractivity contribution < 1.29 is 14.1 Å². The summed E-state index contributed by atoms with van der Waals surface area (Å²) < 4.78 is 10.3. The maximum absolute atomic E-state index is 12.2. The van der Waals surface area contributed by atoms with Crippen LogP contribution < -0.4 is 9.80 Å². The lowest BCUT2D eigenvalue weighted by molar-refractivity contribution is 0.0517. The molecule has 1 aromatic carbocycles. The van der Waals surface area contributed by atoms with E-state index in [0.717, 1.165) is 26.2 Å². The van der Waals surface area contributed by atoms with Gasteiger partial charge in [0.15, 0.2) is 0 Å². The zero-order valence-corrected chi connectivity index (χ0v) is 16.3. The van der Waals surface area contributed by atoms with Gasteiger partial charge >= 0.3 is 5.97 Å². The van der Waals surface area contributed by atoms with Crippen LogP contribution in [0, 0.1) is 13.8 Å². The average molecular weight is 381 g/mol. The third-order valence-electron chi connectivity index (χ3n) is 4.99. The summed E-state index contributed by atoms with van der Waals surface area (Å²) in [6, 6.07) is 6.53. The van der Waals surface area contributed by atoms with Crippen molar-refractivity contribution in [3.63, 3.8) is 0 Å². The van der Waals surface area contributed by atoms with Gasteiger partial charge in [-0.3, -0.25) is 0 Å². The number of aryl methyl sites for hydroxylation is 2. The highest BCUT2D eigenvalue weighted by Crippen LogP contribution is 2.29. The Balaban J connectivity index is 1.59. The van der Waals surface area contributed by atoms with Gasteiger partial charge in [0.05, 0.1) is 6.61 Å². The van der Waals surface area contributed by atoms with Crippen molar-refractivity contribution in [2.45, 2.75) is 20.8 Å². The largest absolute Gasteiger partial charge is 0.461 e. The maximum atomic E-state index is 12.2. The number of carbonyl (C=O) groups excluding carboxylic acids is 1. The molecular weight excluding hydrogens is 358 g/mol. The number of hydrogen-bond donors (Lipinski definition) is 0. The molecule has 8 heteroatoms. The molecule has 0 unspecified atom stereocenters. The van der Waals surface area contributed by atoms with E-state index in [1.807, 2.05) is 0 Å². The SMILES string of the molecule is CCOC(=O)c1noc2ncnc(N3CCN(c4ccc(C)cc4C)CC3)c12. The van der Waals surface area contributed by atoms with Crippen molar-refractivity contribution >= 4 is 28.6 Å². The highest BCUT2D eigenvalue weighted by atomic mass is 16.5. The van der Waals surface area contributed by atoms with E-state index in [2.05, 4.69) is 57.0 Å². The molecule has 1 aliphatic heterocycles. The summed E-state index contributed by atoms with van der Waals surface area (Å²) in [6.45, 7) is 9.53. The molecule has 1 fully saturated rings. The molecule has 0 saturated carbocycles. The van der Waals surface area contributed by atoms with Crippen LogP contribution in [-0.4, -0.2) is 53.9 Å². The molecule has 1 saturated heterocycles. The summed E-state index contributed by atoms with van der Waals surface area (Å²) in [5, 5.41) is 4.38. The van der Waals surface area contributed by atoms with Crippen molar-refractivity contribution in [3.05, 3.63) is 41.3 Å². The molecule has 4 rings (SSSR count). The summed E-state index contributed by atoms with van der Waals surface area (Å²) in [4.78, 5) is 25.3. The fourth-order valence-corrected chi connectivity index (χ4v) is 3.67. The molecular formula is C20H23N5O3. The Morgan fingerprint density at radius 3 is 2.61 bits per heavy atom. The Morgan fingerprint density at radius 2 is 1.89 bits per heavy atom. The smallest absolute Gasteiger partial charge is 0.361 e. The summed E-state index contributed by atoms with van der Waals surface area (Å²) in [5.74, 6) is 0.140. The fourth-order valence-electron chi connectivity index (χ4n) is 3.67. The number of ether oxygens (including phenoxy) is 1. The standard InChI is InChI=1S/C20H23N5O3/c1-4-27-20(26)17-16-18(21-12-22-19(16)28-23-17)25-9-7-24(8-10-25)15-6-5-13(2)11-14(15)3/h5-6,11-12H,4,7-10H2,1-3H3. The van der Waals surface area contributed by atoms with E-state index >= 15 is 0 Å². The number of piperazine rings is 1. The number of carbonyl (C=O) groups is 1. The molecule has 0 amide bonds. The number of fused-ring (bicyclic) bond motifs is 1. The molecule has 8 nitrogen and oxygen atoms in total. The van der Waals surface area contributed by atoms with Crippen LogP contribution >= 0.6 is 0 Å². The van der Waals surface area contributed by atoms with Gasteiger partial charge < -0.3 is 19.1 Å². The third-order valence-corrected chi connectivity index (χ3v) is 4.99. The molecule has 3 aromatic rings. The predicted octanol–water partition coefficient (Wildman–Crippen LogP) is 2.74. The third kappa shape index (κ3) is 3.26. The molecule has 1 aliphatic rings. The van der Waals surface area contributed by atoms with Crippen molar-refractivity contribution in [1.29, 1.82) is 0 Å². The lowest BCUT2D eigenvalue weighted by Crippen LogP contribution is -2.47. The molecule has 0 bridgehead atoms. The van der Waals surface area contributed by atoms with Gasteiger partial charge in [-0.15, -0.1) is 0 Å². The van der Waals surface area contributed by atoms with E-state index < -0.39 is 5.97 Å². The zero-order chi connectivity index (χ0) is 19.7. The monoisotopic (exact) mass is 381 g/mol. The Kier molecular flexibility index (Phi) is 4.85. The topological polar surface area (TPSA) is 84.6 Å². The predicted molar refractivity (Wildman–Crippen MR) is 106 cm³/mol. The number of esters is 1. The minimum atomic E-state index is -0.522. The van der Waals surface area contributed by atoms with E-state index in [0.29, 0.717) is 16.9 Å². The number of hydrogen-bond acceptors (Lipinski definition) is 8. The van der Waals surface area contributed by atoms with Crippen molar-refractivity contribution in [2.75, 3.05) is 42.6 Å². The number of nitrogens with zero attached hydrogens (tertiary/aromatic N) is 5. The average Bonchev–Trinajstić information content (AvgIpc) is 3.13. The van der Waals surface area contributed by atoms with Crippen LogP contribution in [0.15, 0.2) is 29.0 Å². The van der Waals surface area contributed by atoms with E-state index in [1.165, 1.54) is 23.1 Å². The highest BCUT2D eigenvalue weighted by Gasteiger charge is 2.27. The Morgan fingerprint density at radius 1 is 1.14 bits per heavy atom. The number of rotatable bonds is 4. The number of aromatic nitrogens is 3. The minimum absolute atomic E-state index is 0.129. The second-order valence-corrected chi connectivity index (χ2v) is 6.89. The lowest BCUT2D eigenvalue weighted by Gasteiger charge is -2.37. The van der Waals surface area contributed by atoms with E-state index in [-0.39, 0.29) is 12.3 Å².